The fraction of sp³-hybridized carbons (Fsp3) is 0.296. The van der Waals surface area contributed by atoms with Gasteiger partial charge < -0.3 is 20.7 Å². The summed E-state index contributed by atoms with van der Waals surface area (Å²) in [5.41, 5.74) is 0.811. The average Bonchev–Trinajstić information content (AvgIpc) is 3.43. The molecule has 3 N–H and O–H groups in total. The van der Waals surface area contributed by atoms with Gasteiger partial charge in [0.1, 0.15) is 18.5 Å². The summed E-state index contributed by atoms with van der Waals surface area (Å²) in [6.07, 6.45) is -1.71. The van der Waals surface area contributed by atoms with Crippen molar-refractivity contribution >= 4 is 29.0 Å². The van der Waals surface area contributed by atoms with E-state index < -0.39 is 17.6 Å². The number of rotatable bonds is 9. The molecule has 3 heterocycles. The maximum absolute atomic E-state index is 13.1. The molecule has 1 aliphatic rings. The Labute approximate surface area is 233 Å². The van der Waals surface area contributed by atoms with Gasteiger partial charge in [-0.25, -0.2) is 9.97 Å². The highest BCUT2D eigenvalue weighted by atomic mass is 19.4. The Morgan fingerprint density at radius 3 is 2.66 bits per heavy atom. The minimum absolute atomic E-state index is 0.0396. The Morgan fingerprint density at radius 2 is 1.85 bits per heavy atom. The van der Waals surface area contributed by atoms with Crippen molar-refractivity contribution in [3.8, 4) is 5.82 Å². The van der Waals surface area contributed by atoms with Gasteiger partial charge in [0.25, 0.3) is 5.91 Å². The van der Waals surface area contributed by atoms with Crippen molar-refractivity contribution < 1.29 is 22.7 Å². The summed E-state index contributed by atoms with van der Waals surface area (Å²) in [4.78, 5) is 28.1. The summed E-state index contributed by atoms with van der Waals surface area (Å²) >= 11 is 0. The fourth-order valence-electron chi connectivity index (χ4n) is 4.22. The van der Waals surface area contributed by atoms with E-state index in [0.29, 0.717) is 29.8 Å². The molecule has 0 atom stereocenters. The van der Waals surface area contributed by atoms with E-state index in [1.54, 1.807) is 24.3 Å². The summed E-state index contributed by atoms with van der Waals surface area (Å²) in [6.45, 7) is 6.68. The number of carbonyl (C=O) groups excluding carboxylic acids is 1. The van der Waals surface area contributed by atoms with Crippen LogP contribution in [-0.4, -0.2) is 74.9 Å². The van der Waals surface area contributed by atoms with Gasteiger partial charge in [-0.05, 0) is 42.8 Å². The standard InChI is InChI=1S/C27H28F3N9O2/c1-18-5-6-19(25(40)36-21-4-2-3-20(14-21)27(28,29)30)13-22(18)37-26-34-17-35-39(26)24-15-23(32-16-33-24)31-7-8-38-9-11-41-12-10-38/h2-6,13-17H,7-12H2,1H3,(H,36,40)(H,31,32,33)(H,34,35,37). The molecule has 0 radical (unpaired) electrons. The number of nitrogens with one attached hydrogen (secondary N) is 3. The highest BCUT2D eigenvalue weighted by molar-refractivity contribution is 6.05. The van der Waals surface area contributed by atoms with Crippen molar-refractivity contribution in [3.63, 3.8) is 0 Å². The molecule has 1 fully saturated rings. The zero-order valence-corrected chi connectivity index (χ0v) is 22.1. The number of carbonyl (C=O) groups is 1. The Morgan fingerprint density at radius 1 is 1.02 bits per heavy atom. The zero-order valence-electron chi connectivity index (χ0n) is 22.1. The molecule has 14 heteroatoms. The van der Waals surface area contributed by atoms with Crippen molar-refractivity contribution in [1.82, 2.24) is 29.6 Å². The summed E-state index contributed by atoms with van der Waals surface area (Å²) < 4.78 is 46.1. The second kappa shape index (κ2) is 12.3. The molecule has 5 rings (SSSR count). The number of nitrogens with zero attached hydrogens (tertiary/aromatic N) is 6. The summed E-state index contributed by atoms with van der Waals surface area (Å²) in [7, 11) is 0. The van der Waals surface area contributed by atoms with Crippen LogP contribution in [0.25, 0.3) is 5.82 Å². The molecule has 2 aromatic heterocycles. The Kier molecular flexibility index (Phi) is 8.40. The van der Waals surface area contributed by atoms with E-state index in [1.165, 1.54) is 29.5 Å². The number of hydrogen-bond acceptors (Lipinski definition) is 9. The van der Waals surface area contributed by atoms with Crippen molar-refractivity contribution in [3.05, 3.63) is 77.9 Å². The van der Waals surface area contributed by atoms with Crippen LogP contribution in [0.15, 0.2) is 61.2 Å². The van der Waals surface area contributed by atoms with Crippen molar-refractivity contribution in [2.45, 2.75) is 13.1 Å². The highest BCUT2D eigenvalue weighted by Crippen LogP contribution is 2.31. The second-order valence-electron chi connectivity index (χ2n) is 9.33. The second-order valence-corrected chi connectivity index (χ2v) is 9.33. The summed E-state index contributed by atoms with van der Waals surface area (Å²) in [5, 5.41) is 13.3. The number of alkyl halides is 3. The lowest BCUT2D eigenvalue weighted by Crippen LogP contribution is -2.39. The molecule has 1 aliphatic heterocycles. The van der Waals surface area contributed by atoms with Crippen LogP contribution in [0.5, 0.6) is 0 Å². The lowest BCUT2D eigenvalue weighted by atomic mass is 10.1. The van der Waals surface area contributed by atoms with Crippen LogP contribution >= 0.6 is 0 Å². The van der Waals surface area contributed by atoms with Crippen LogP contribution in [-0.2, 0) is 10.9 Å². The van der Waals surface area contributed by atoms with Crippen molar-refractivity contribution in [2.75, 3.05) is 55.3 Å². The predicted octanol–water partition coefficient (Wildman–Crippen LogP) is 4.12. The molecule has 0 saturated carbocycles. The van der Waals surface area contributed by atoms with Crippen molar-refractivity contribution in [1.29, 1.82) is 0 Å². The van der Waals surface area contributed by atoms with E-state index in [1.807, 2.05) is 6.92 Å². The Hall–Kier alpha value is -4.56. The largest absolute Gasteiger partial charge is 0.416 e. The van der Waals surface area contributed by atoms with E-state index >= 15 is 0 Å². The number of aromatic nitrogens is 5. The number of aryl methyl sites for hydroxylation is 1. The molecule has 1 saturated heterocycles. The van der Waals surface area contributed by atoms with Gasteiger partial charge in [0.2, 0.25) is 5.95 Å². The number of amides is 1. The predicted molar refractivity (Wildman–Crippen MR) is 147 cm³/mol. The van der Waals surface area contributed by atoms with Gasteiger partial charge in [0, 0.05) is 49.2 Å². The molecule has 4 aromatic rings. The van der Waals surface area contributed by atoms with E-state index in [-0.39, 0.29) is 11.3 Å². The molecular formula is C27H28F3N9O2. The number of hydrogen-bond donors (Lipinski definition) is 3. The van der Waals surface area contributed by atoms with E-state index in [0.717, 1.165) is 50.5 Å². The van der Waals surface area contributed by atoms with Gasteiger partial charge in [0.15, 0.2) is 5.82 Å². The lowest BCUT2D eigenvalue weighted by molar-refractivity contribution is -0.137. The Bertz CT molecular complexity index is 1500. The average molecular weight is 568 g/mol. The molecule has 214 valence electrons. The maximum Gasteiger partial charge on any atom is 0.416 e. The molecular weight excluding hydrogens is 539 g/mol. The number of morpholine rings is 1. The highest BCUT2D eigenvalue weighted by Gasteiger charge is 2.30. The van der Waals surface area contributed by atoms with Crippen LogP contribution in [0.4, 0.5) is 36.3 Å². The molecule has 0 unspecified atom stereocenters. The first-order valence-corrected chi connectivity index (χ1v) is 12.9. The van der Waals surface area contributed by atoms with Gasteiger partial charge in [0.05, 0.1) is 18.8 Å². The van der Waals surface area contributed by atoms with E-state index in [9.17, 15) is 18.0 Å². The monoisotopic (exact) mass is 567 g/mol. The molecule has 1 amide bonds. The number of halogens is 3. The van der Waals surface area contributed by atoms with Crippen LogP contribution in [0.1, 0.15) is 21.5 Å². The molecule has 11 nitrogen and oxygen atoms in total. The lowest BCUT2D eigenvalue weighted by Gasteiger charge is -2.26. The molecule has 0 spiro atoms. The third-order valence-electron chi connectivity index (χ3n) is 6.45. The van der Waals surface area contributed by atoms with Gasteiger partial charge in [-0.15, -0.1) is 0 Å². The van der Waals surface area contributed by atoms with Crippen molar-refractivity contribution in [2.24, 2.45) is 0 Å². The summed E-state index contributed by atoms with van der Waals surface area (Å²) in [5.74, 6) is 0.901. The fourth-order valence-corrected chi connectivity index (χ4v) is 4.22. The number of ether oxygens (including phenoxy) is 1. The zero-order chi connectivity index (χ0) is 28.8. The normalized spacial score (nSPS) is 14.0. The first-order valence-electron chi connectivity index (χ1n) is 12.9. The van der Waals surface area contributed by atoms with Gasteiger partial charge in [-0.1, -0.05) is 12.1 Å². The van der Waals surface area contributed by atoms with Crippen LogP contribution in [0.2, 0.25) is 0 Å². The third-order valence-corrected chi connectivity index (χ3v) is 6.45. The molecule has 0 bridgehead atoms. The van der Waals surface area contributed by atoms with Crippen LogP contribution < -0.4 is 16.0 Å². The first-order chi connectivity index (χ1) is 19.8. The maximum atomic E-state index is 13.1. The minimum atomic E-state index is -4.51. The molecule has 41 heavy (non-hydrogen) atoms. The van der Waals surface area contributed by atoms with Gasteiger partial charge >= 0.3 is 6.18 Å². The van der Waals surface area contributed by atoms with Crippen LogP contribution in [0, 0.1) is 6.92 Å². The molecule has 0 aliphatic carbocycles. The van der Waals surface area contributed by atoms with Gasteiger partial charge in [-0.3, -0.25) is 9.69 Å². The number of benzene rings is 2. The van der Waals surface area contributed by atoms with Crippen LogP contribution in [0.3, 0.4) is 0 Å². The summed E-state index contributed by atoms with van der Waals surface area (Å²) in [6, 6.07) is 11.1. The van der Waals surface area contributed by atoms with Gasteiger partial charge in [-0.2, -0.15) is 27.9 Å². The smallest absolute Gasteiger partial charge is 0.379 e. The number of anilines is 4. The topological polar surface area (TPSA) is 122 Å². The SMILES string of the molecule is Cc1ccc(C(=O)Nc2cccc(C(F)(F)F)c2)cc1Nc1ncnn1-c1cc(NCCN2CCOCC2)ncn1. The first kappa shape index (κ1) is 28.0. The quantitative estimate of drug-likeness (QED) is 0.274. The Balaban J connectivity index is 1.27. The minimum Gasteiger partial charge on any atom is -0.379 e. The third kappa shape index (κ3) is 7.15. The van der Waals surface area contributed by atoms with E-state index in [4.69, 9.17) is 4.74 Å². The van der Waals surface area contributed by atoms with E-state index in [2.05, 4.69) is 40.9 Å². The molecule has 2 aromatic carbocycles.